The molecule has 0 spiro atoms. The van der Waals surface area contributed by atoms with Crippen molar-refractivity contribution in [2.45, 2.75) is 13.5 Å². The van der Waals surface area contributed by atoms with Crippen LogP contribution in [0, 0.1) is 5.82 Å². The van der Waals surface area contributed by atoms with Gasteiger partial charge in [0.2, 0.25) is 11.9 Å². The molecule has 1 amide bonds. The fourth-order valence-corrected chi connectivity index (χ4v) is 2.89. The highest BCUT2D eigenvalue weighted by atomic mass is 19.1. The van der Waals surface area contributed by atoms with Crippen LogP contribution in [0.5, 0.6) is 0 Å². The number of carbonyl (C=O) groups excluding carboxylic acids is 1. The van der Waals surface area contributed by atoms with Gasteiger partial charge in [-0.3, -0.25) is 9.69 Å². The van der Waals surface area contributed by atoms with E-state index in [1.165, 1.54) is 6.07 Å². The van der Waals surface area contributed by atoms with Gasteiger partial charge in [-0.05, 0) is 19.1 Å². The number of rotatable bonds is 5. The van der Waals surface area contributed by atoms with Crippen LogP contribution in [0.4, 0.5) is 16.0 Å². The van der Waals surface area contributed by atoms with Crippen LogP contribution >= 0.6 is 0 Å². The SMILES string of the molecule is CCn1ccnc1N1CCN(CC(=O)Nc2ccccc2F)CC1. The molecule has 1 N–H and O–H groups in total. The van der Waals surface area contributed by atoms with Crippen LogP contribution in [0.25, 0.3) is 0 Å². The zero-order valence-corrected chi connectivity index (χ0v) is 13.8. The average Bonchev–Trinajstić information content (AvgIpc) is 3.06. The molecular formula is C17H22FN5O. The van der Waals surface area contributed by atoms with Crippen molar-refractivity contribution in [3.8, 4) is 0 Å². The van der Waals surface area contributed by atoms with E-state index in [2.05, 4.69) is 31.6 Å². The third-order valence-electron chi connectivity index (χ3n) is 4.20. The summed E-state index contributed by atoms with van der Waals surface area (Å²) >= 11 is 0. The number of piperazine rings is 1. The quantitative estimate of drug-likeness (QED) is 0.908. The molecule has 2 aromatic rings. The lowest BCUT2D eigenvalue weighted by Crippen LogP contribution is -2.49. The Balaban J connectivity index is 1.50. The number of aryl methyl sites for hydroxylation is 1. The van der Waals surface area contributed by atoms with Crippen molar-refractivity contribution in [2.75, 3.05) is 42.9 Å². The van der Waals surface area contributed by atoms with E-state index in [9.17, 15) is 9.18 Å². The summed E-state index contributed by atoms with van der Waals surface area (Å²) in [5.41, 5.74) is 0.228. The summed E-state index contributed by atoms with van der Waals surface area (Å²) in [7, 11) is 0. The maximum absolute atomic E-state index is 13.6. The monoisotopic (exact) mass is 331 g/mol. The zero-order chi connectivity index (χ0) is 16.9. The van der Waals surface area contributed by atoms with Crippen LogP contribution in [0.3, 0.4) is 0 Å². The summed E-state index contributed by atoms with van der Waals surface area (Å²) in [6.07, 6.45) is 3.79. The van der Waals surface area contributed by atoms with Gasteiger partial charge in [0, 0.05) is 45.1 Å². The molecule has 128 valence electrons. The molecule has 1 aromatic carbocycles. The van der Waals surface area contributed by atoms with Crippen LogP contribution in [0.1, 0.15) is 6.92 Å². The molecule has 2 heterocycles. The number of benzene rings is 1. The Bertz CT molecular complexity index is 694. The predicted octanol–water partition coefficient (Wildman–Crippen LogP) is 1.80. The van der Waals surface area contributed by atoms with Crippen molar-refractivity contribution in [3.05, 3.63) is 42.5 Å². The number of carbonyl (C=O) groups is 1. The highest BCUT2D eigenvalue weighted by molar-refractivity contribution is 5.92. The minimum absolute atomic E-state index is 0.191. The summed E-state index contributed by atoms with van der Waals surface area (Å²) in [5, 5.41) is 2.63. The first-order valence-electron chi connectivity index (χ1n) is 8.20. The molecule has 24 heavy (non-hydrogen) atoms. The number of hydrogen-bond donors (Lipinski definition) is 1. The predicted molar refractivity (Wildman–Crippen MR) is 91.6 cm³/mol. The first-order valence-corrected chi connectivity index (χ1v) is 8.20. The molecule has 0 bridgehead atoms. The van der Waals surface area contributed by atoms with Crippen molar-refractivity contribution in [1.29, 1.82) is 0 Å². The molecule has 7 heteroatoms. The van der Waals surface area contributed by atoms with Crippen molar-refractivity contribution in [2.24, 2.45) is 0 Å². The molecule has 3 rings (SSSR count). The summed E-state index contributed by atoms with van der Waals surface area (Å²) in [6, 6.07) is 6.21. The highest BCUT2D eigenvalue weighted by Gasteiger charge is 2.21. The highest BCUT2D eigenvalue weighted by Crippen LogP contribution is 2.15. The van der Waals surface area contributed by atoms with Crippen LogP contribution in [0.15, 0.2) is 36.7 Å². The standard InChI is InChI=1S/C17H22FN5O/c1-2-22-8-7-19-17(22)23-11-9-21(10-12-23)13-16(24)20-15-6-4-3-5-14(15)18/h3-8H,2,9-13H2,1H3,(H,20,24). The fraction of sp³-hybridized carbons (Fsp3) is 0.412. The van der Waals surface area contributed by atoms with Gasteiger partial charge in [-0.15, -0.1) is 0 Å². The topological polar surface area (TPSA) is 53.4 Å². The molecular weight excluding hydrogens is 309 g/mol. The molecule has 0 saturated carbocycles. The summed E-state index contributed by atoms with van der Waals surface area (Å²) in [5.74, 6) is 0.374. The third kappa shape index (κ3) is 3.73. The lowest BCUT2D eigenvalue weighted by Gasteiger charge is -2.35. The average molecular weight is 331 g/mol. The van der Waals surface area contributed by atoms with E-state index in [4.69, 9.17) is 0 Å². The number of hydrogen-bond acceptors (Lipinski definition) is 4. The van der Waals surface area contributed by atoms with Gasteiger partial charge in [0.05, 0.1) is 12.2 Å². The number of anilines is 2. The van der Waals surface area contributed by atoms with Crippen molar-refractivity contribution in [3.63, 3.8) is 0 Å². The Morgan fingerprint density at radius 3 is 2.71 bits per heavy atom. The van der Waals surface area contributed by atoms with Gasteiger partial charge in [-0.1, -0.05) is 12.1 Å². The second-order valence-electron chi connectivity index (χ2n) is 5.80. The van der Waals surface area contributed by atoms with Crippen LogP contribution in [0.2, 0.25) is 0 Å². The molecule has 0 radical (unpaired) electrons. The number of nitrogens with zero attached hydrogens (tertiary/aromatic N) is 4. The summed E-state index contributed by atoms with van der Waals surface area (Å²) < 4.78 is 15.7. The number of aromatic nitrogens is 2. The Kier molecular flexibility index (Phi) is 5.10. The maximum Gasteiger partial charge on any atom is 0.238 e. The Morgan fingerprint density at radius 1 is 1.25 bits per heavy atom. The number of nitrogens with one attached hydrogen (secondary N) is 1. The largest absolute Gasteiger partial charge is 0.340 e. The van der Waals surface area contributed by atoms with E-state index in [1.54, 1.807) is 18.2 Å². The summed E-state index contributed by atoms with van der Waals surface area (Å²) in [4.78, 5) is 20.8. The van der Waals surface area contributed by atoms with E-state index < -0.39 is 5.82 Å². The van der Waals surface area contributed by atoms with Crippen molar-refractivity contribution >= 4 is 17.5 Å². The maximum atomic E-state index is 13.6. The summed E-state index contributed by atoms with van der Waals surface area (Å²) in [6.45, 7) is 6.45. The van der Waals surface area contributed by atoms with Crippen molar-refractivity contribution in [1.82, 2.24) is 14.5 Å². The third-order valence-corrected chi connectivity index (χ3v) is 4.20. The normalized spacial score (nSPS) is 15.5. The molecule has 1 aromatic heterocycles. The van der Waals surface area contributed by atoms with E-state index in [-0.39, 0.29) is 18.1 Å². The second-order valence-corrected chi connectivity index (χ2v) is 5.80. The molecule has 1 saturated heterocycles. The van der Waals surface area contributed by atoms with Gasteiger partial charge in [-0.2, -0.15) is 0 Å². The van der Waals surface area contributed by atoms with E-state index in [0.717, 1.165) is 38.7 Å². The van der Waals surface area contributed by atoms with Crippen LogP contribution in [-0.2, 0) is 11.3 Å². The van der Waals surface area contributed by atoms with Gasteiger partial charge in [0.15, 0.2) is 0 Å². The lowest BCUT2D eigenvalue weighted by atomic mass is 10.3. The first-order chi connectivity index (χ1) is 11.7. The lowest BCUT2D eigenvalue weighted by molar-refractivity contribution is -0.117. The Hall–Kier alpha value is -2.41. The molecule has 6 nitrogen and oxygen atoms in total. The number of imidazole rings is 1. The minimum atomic E-state index is -0.415. The number of para-hydroxylation sites is 1. The van der Waals surface area contributed by atoms with Gasteiger partial charge in [-0.25, -0.2) is 9.37 Å². The first kappa shape index (κ1) is 16.4. The van der Waals surface area contributed by atoms with Gasteiger partial charge >= 0.3 is 0 Å². The van der Waals surface area contributed by atoms with Gasteiger partial charge < -0.3 is 14.8 Å². The van der Waals surface area contributed by atoms with Gasteiger partial charge in [0.25, 0.3) is 0 Å². The van der Waals surface area contributed by atoms with Crippen LogP contribution in [-0.4, -0.2) is 53.1 Å². The van der Waals surface area contributed by atoms with E-state index in [1.807, 2.05) is 12.4 Å². The van der Waals surface area contributed by atoms with E-state index in [0.29, 0.717) is 0 Å². The minimum Gasteiger partial charge on any atom is -0.340 e. The van der Waals surface area contributed by atoms with E-state index >= 15 is 0 Å². The molecule has 1 fully saturated rings. The number of halogens is 1. The zero-order valence-electron chi connectivity index (χ0n) is 13.8. The fourth-order valence-electron chi connectivity index (χ4n) is 2.89. The van der Waals surface area contributed by atoms with Crippen molar-refractivity contribution < 1.29 is 9.18 Å². The van der Waals surface area contributed by atoms with Gasteiger partial charge in [0.1, 0.15) is 5.82 Å². The molecule has 0 atom stereocenters. The molecule has 1 aliphatic heterocycles. The molecule has 0 unspecified atom stereocenters. The van der Waals surface area contributed by atoms with Crippen LogP contribution < -0.4 is 10.2 Å². The number of amides is 1. The molecule has 0 aliphatic carbocycles. The second kappa shape index (κ2) is 7.44. The Labute approximate surface area is 140 Å². The Morgan fingerprint density at radius 2 is 2.00 bits per heavy atom. The molecule has 1 aliphatic rings. The smallest absolute Gasteiger partial charge is 0.238 e.